The molecule has 0 aliphatic carbocycles. The van der Waals surface area contributed by atoms with Crippen molar-refractivity contribution in [2.45, 2.75) is 57.7 Å². The van der Waals surface area contributed by atoms with Crippen molar-refractivity contribution in [2.24, 2.45) is 0 Å². The summed E-state index contributed by atoms with van der Waals surface area (Å²) in [5.74, 6) is 0. The largest absolute Gasteiger partial charge is 0.379 e. The zero-order chi connectivity index (χ0) is 15.7. The van der Waals surface area contributed by atoms with Crippen LogP contribution in [-0.4, -0.2) is 85.3 Å². The van der Waals surface area contributed by atoms with Crippen LogP contribution in [0.5, 0.6) is 0 Å². The lowest BCUT2D eigenvalue weighted by molar-refractivity contribution is -0.0449. The minimum Gasteiger partial charge on any atom is -0.379 e. The highest BCUT2D eigenvalue weighted by Gasteiger charge is 2.43. The van der Waals surface area contributed by atoms with E-state index in [9.17, 15) is 0 Å². The van der Waals surface area contributed by atoms with Crippen molar-refractivity contribution < 1.29 is 4.74 Å². The maximum absolute atomic E-state index is 5.43. The Labute approximate surface area is 131 Å². The topological polar surface area (TPSA) is 19.0 Å². The van der Waals surface area contributed by atoms with E-state index in [1.54, 1.807) is 0 Å². The molecule has 4 heteroatoms. The second-order valence-electron chi connectivity index (χ2n) is 8.18. The molecule has 0 spiro atoms. The van der Waals surface area contributed by atoms with E-state index in [2.05, 4.69) is 56.5 Å². The number of rotatable bonds is 4. The van der Waals surface area contributed by atoms with Gasteiger partial charge in [0.25, 0.3) is 0 Å². The van der Waals surface area contributed by atoms with Gasteiger partial charge in [-0.1, -0.05) is 0 Å². The van der Waals surface area contributed by atoms with Crippen LogP contribution in [-0.2, 0) is 4.74 Å². The Bertz CT molecular complexity index is 319. The third-order valence-corrected chi connectivity index (χ3v) is 5.78. The zero-order valence-electron chi connectivity index (χ0n) is 15.0. The van der Waals surface area contributed by atoms with Crippen molar-refractivity contribution >= 4 is 0 Å². The highest BCUT2D eigenvalue weighted by molar-refractivity contribution is 5.01. The highest BCUT2D eigenvalue weighted by atomic mass is 16.5. The Morgan fingerprint density at radius 1 is 1.05 bits per heavy atom. The maximum Gasteiger partial charge on any atom is 0.0594 e. The van der Waals surface area contributed by atoms with Gasteiger partial charge in [-0.2, -0.15) is 0 Å². The van der Waals surface area contributed by atoms with E-state index in [-0.39, 0.29) is 11.1 Å². The molecule has 2 heterocycles. The molecule has 2 rings (SSSR count). The molecule has 2 fully saturated rings. The number of morpholine rings is 1. The molecule has 0 aromatic heterocycles. The predicted octanol–water partition coefficient (Wildman–Crippen LogP) is 1.90. The van der Waals surface area contributed by atoms with E-state index in [0.29, 0.717) is 6.04 Å². The summed E-state index contributed by atoms with van der Waals surface area (Å²) in [6.45, 7) is 15.9. The Kier molecular flexibility index (Phi) is 5.35. The van der Waals surface area contributed by atoms with Crippen LogP contribution >= 0.6 is 0 Å². The number of hydrogen-bond donors (Lipinski definition) is 0. The summed E-state index contributed by atoms with van der Waals surface area (Å²) >= 11 is 0. The van der Waals surface area contributed by atoms with E-state index in [4.69, 9.17) is 4.74 Å². The summed E-state index contributed by atoms with van der Waals surface area (Å²) in [6.07, 6.45) is 2.51. The van der Waals surface area contributed by atoms with E-state index in [0.717, 1.165) is 26.3 Å². The molecular formula is C17H35N3O. The van der Waals surface area contributed by atoms with Crippen LogP contribution in [0.2, 0.25) is 0 Å². The molecule has 0 aromatic rings. The molecule has 0 unspecified atom stereocenters. The van der Waals surface area contributed by atoms with Crippen LogP contribution in [0.4, 0.5) is 0 Å². The molecule has 0 amide bonds. The average molecular weight is 297 g/mol. The fourth-order valence-corrected chi connectivity index (χ4v) is 3.94. The Morgan fingerprint density at radius 2 is 1.57 bits per heavy atom. The maximum atomic E-state index is 5.43. The Morgan fingerprint density at radius 3 is 2.10 bits per heavy atom. The van der Waals surface area contributed by atoms with Crippen LogP contribution in [0.25, 0.3) is 0 Å². The molecule has 2 aliphatic heterocycles. The van der Waals surface area contributed by atoms with Gasteiger partial charge in [0.2, 0.25) is 0 Å². The smallest absolute Gasteiger partial charge is 0.0594 e. The Hall–Kier alpha value is -0.160. The summed E-state index contributed by atoms with van der Waals surface area (Å²) in [5.41, 5.74) is 0.555. The zero-order valence-corrected chi connectivity index (χ0v) is 15.0. The van der Waals surface area contributed by atoms with Gasteiger partial charge < -0.3 is 9.64 Å². The minimum absolute atomic E-state index is 0.277. The van der Waals surface area contributed by atoms with Crippen LogP contribution in [0.3, 0.4) is 0 Å². The molecule has 0 atom stereocenters. The third kappa shape index (κ3) is 4.19. The van der Waals surface area contributed by atoms with Gasteiger partial charge >= 0.3 is 0 Å². The molecule has 2 aliphatic rings. The molecule has 0 saturated carbocycles. The van der Waals surface area contributed by atoms with Gasteiger partial charge in [-0.15, -0.1) is 0 Å². The van der Waals surface area contributed by atoms with Crippen LogP contribution < -0.4 is 0 Å². The first-order valence-corrected chi connectivity index (χ1v) is 8.47. The number of ether oxygens (including phenoxy) is 1. The summed E-state index contributed by atoms with van der Waals surface area (Å²) in [6, 6.07) is 0.687. The van der Waals surface area contributed by atoms with Gasteiger partial charge in [0, 0.05) is 43.3 Å². The van der Waals surface area contributed by atoms with Crippen molar-refractivity contribution in [3.8, 4) is 0 Å². The molecule has 124 valence electrons. The lowest BCUT2D eigenvalue weighted by Gasteiger charge is -2.55. The van der Waals surface area contributed by atoms with Gasteiger partial charge in [0.1, 0.15) is 0 Å². The summed E-state index contributed by atoms with van der Waals surface area (Å²) in [4.78, 5) is 7.68. The highest BCUT2D eigenvalue weighted by Crippen LogP contribution is 2.38. The third-order valence-electron chi connectivity index (χ3n) is 5.78. The lowest BCUT2D eigenvalue weighted by atomic mass is 9.77. The molecule has 0 bridgehead atoms. The fourth-order valence-electron chi connectivity index (χ4n) is 3.94. The normalized spacial score (nSPS) is 28.1. The van der Waals surface area contributed by atoms with Gasteiger partial charge in [-0.05, 0) is 54.6 Å². The first kappa shape index (κ1) is 17.2. The molecule has 21 heavy (non-hydrogen) atoms. The van der Waals surface area contributed by atoms with E-state index >= 15 is 0 Å². The summed E-state index contributed by atoms with van der Waals surface area (Å²) in [7, 11) is 4.59. The van der Waals surface area contributed by atoms with Gasteiger partial charge in [0.05, 0.1) is 13.2 Å². The lowest BCUT2D eigenvalue weighted by Crippen LogP contribution is -2.62. The average Bonchev–Trinajstić information content (AvgIpc) is 2.42. The summed E-state index contributed by atoms with van der Waals surface area (Å²) in [5, 5.41) is 0. The van der Waals surface area contributed by atoms with E-state index in [1.807, 2.05) is 0 Å². The number of hydrogen-bond acceptors (Lipinski definition) is 4. The fraction of sp³-hybridized carbons (Fsp3) is 1.00. The second-order valence-corrected chi connectivity index (χ2v) is 8.18. The second kappa shape index (κ2) is 6.53. The van der Waals surface area contributed by atoms with E-state index < -0.39 is 0 Å². The first-order valence-electron chi connectivity index (χ1n) is 8.47. The van der Waals surface area contributed by atoms with Crippen molar-refractivity contribution in [1.82, 2.24) is 14.7 Å². The van der Waals surface area contributed by atoms with E-state index in [1.165, 1.54) is 25.9 Å². The first-order chi connectivity index (χ1) is 9.72. The number of likely N-dealkylation sites (N-methyl/N-ethyl adjacent to an activating group) is 1. The molecule has 0 aromatic carbocycles. The van der Waals surface area contributed by atoms with Crippen molar-refractivity contribution in [1.29, 1.82) is 0 Å². The van der Waals surface area contributed by atoms with Gasteiger partial charge in [-0.25, -0.2) is 0 Å². The SMILES string of the molecule is CN(CCN1CCOCC1)C1CC(C)(C)N(C)C(C)(C)C1. The molecular weight excluding hydrogens is 262 g/mol. The molecule has 2 saturated heterocycles. The predicted molar refractivity (Wildman–Crippen MR) is 88.8 cm³/mol. The molecule has 0 radical (unpaired) electrons. The van der Waals surface area contributed by atoms with Crippen molar-refractivity contribution in [3.05, 3.63) is 0 Å². The summed E-state index contributed by atoms with van der Waals surface area (Å²) < 4.78 is 5.43. The number of piperidine rings is 1. The van der Waals surface area contributed by atoms with Crippen molar-refractivity contribution in [3.63, 3.8) is 0 Å². The Balaban J connectivity index is 1.88. The standard InChI is InChI=1S/C17H35N3O/c1-16(2)13-15(14-17(3,4)19(16)6)18(5)7-8-20-9-11-21-12-10-20/h15H,7-14H2,1-6H3. The number of likely N-dealkylation sites (tertiary alicyclic amines) is 1. The molecule has 0 N–H and O–H groups in total. The molecule has 4 nitrogen and oxygen atoms in total. The van der Waals surface area contributed by atoms with Gasteiger partial charge in [-0.3, -0.25) is 9.80 Å². The monoisotopic (exact) mass is 297 g/mol. The van der Waals surface area contributed by atoms with Crippen LogP contribution in [0.1, 0.15) is 40.5 Å². The minimum atomic E-state index is 0.277. The van der Waals surface area contributed by atoms with Gasteiger partial charge in [0.15, 0.2) is 0 Å². The van der Waals surface area contributed by atoms with Crippen LogP contribution in [0, 0.1) is 0 Å². The quantitative estimate of drug-likeness (QED) is 0.789. The number of nitrogens with zero attached hydrogens (tertiary/aromatic N) is 3. The van der Waals surface area contributed by atoms with Crippen LogP contribution in [0.15, 0.2) is 0 Å². The van der Waals surface area contributed by atoms with Crippen molar-refractivity contribution in [2.75, 3.05) is 53.5 Å².